The lowest BCUT2D eigenvalue weighted by molar-refractivity contribution is 0.0697. The van der Waals surface area contributed by atoms with Crippen LogP contribution in [0.3, 0.4) is 0 Å². The lowest BCUT2D eigenvalue weighted by Crippen LogP contribution is -1.95. The predicted octanol–water partition coefficient (Wildman–Crippen LogP) is 5.20. The summed E-state index contributed by atoms with van der Waals surface area (Å²) in [5.41, 5.74) is 5.61. The Morgan fingerprint density at radius 3 is 2.33 bits per heavy atom. The number of carbonyl (C=O) groups is 1. The van der Waals surface area contributed by atoms with Gasteiger partial charge in [0.2, 0.25) is 0 Å². The van der Waals surface area contributed by atoms with Gasteiger partial charge in [0.1, 0.15) is 0 Å². The number of H-pyrrole nitrogens is 1. The summed E-state index contributed by atoms with van der Waals surface area (Å²) in [5.74, 6) is -0.910. The first kappa shape index (κ1) is 14.3. The molecule has 4 aromatic rings. The number of carboxylic acid groups (broad SMARTS) is 1. The van der Waals surface area contributed by atoms with Gasteiger partial charge in [0, 0.05) is 11.8 Å². The third-order valence-electron chi connectivity index (χ3n) is 4.23. The van der Waals surface area contributed by atoms with Crippen LogP contribution in [0.15, 0.2) is 79.0 Å². The van der Waals surface area contributed by atoms with E-state index < -0.39 is 5.97 Å². The molecule has 0 aliphatic heterocycles. The zero-order chi connectivity index (χ0) is 16.5. The number of aromatic amines is 1. The standard InChI is InChI=1S/C21H15NO2/c23-21(24)18-5-1-4-17(13-18)14-7-9-15(10-8-14)19-6-2-3-16-11-12-22-20(16)19/h1-13,22H,(H,23,24). The molecule has 24 heavy (non-hydrogen) atoms. The van der Waals surface area contributed by atoms with Crippen LogP contribution in [0.1, 0.15) is 10.4 Å². The molecule has 116 valence electrons. The number of rotatable bonds is 3. The number of carboxylic acids is 1. The summed E-state index contributed by atoms with van der Waals surface area (Å²) in [7, 11) is 0. The fourth-order valence-electron chi connectivity index (χ4n) is 3.00. The van der Waals surface area contributed by atoms with Crippen molar-refractivity contribution in [2.45, 2.75) is 0 Å². The molecule has 3 nitrogen and oxygen atoms in total. The van der Waals surface area contributed by atoms with Gasteiger partial charge in [-0.05, 0) is 40.3 Å². The molecule has 0 bridgehead atoms. The molecule has 0 spiro atoms. The fourth-order valence-corrected chi connectivity index (χ4v) is 3.00. The van der Waals surface area contributed by atoms with E-state index in [1.165, 1.54) is 5.39 Å². The van der Waals surface area contributed by atoms with Crippen LogP contribution in [0.25, 0.3) is 33.2 Å². The average molecular weight is 313 g/mol. The first-order valence-electron chi connectivity index (χ1n) is 7.73. The highest BCUT2D eigenvalue weighted by Gasteiger charge is 2.07. The minimum Gasteiger partial charge on any atom is -0.478 e. The van der Waals surface area contributed by atoms with Crippen LogP contribution >= 0.6 is 0 Å². The number of hydrogen-bond acceptors (Lipinski definition) is 1. The summed E-state index contributed by atoms with van der Waals surface area (Å²) in [6, 6.07) is 23.5. The second-order valence-corrected chi connectivity index (χ2v) is 5.71. The summed E-state index contributed by atoms with van der Waals surface area (Å²) < 4.78 is 0. The third kappa shape index (κ3) is 2.46. The molecule has 3 heteroatoms. The zero-order valence-electron chi connectivity index (χ0n) is 12.9. The van der Waals surface area contributed by atoms with Gasteiger partial charge in [-0.25, -0.2) is 4.79 Å². The lowest BCUT2D eigenvalue weighted by atomic mass is 9.98. The summed E-state index contributed by atoms with van der Waals surface area (Å²) in [6.07, 6.45) is 1.94. The Labute approximate surface area is 139 Å². The topological polar surface area (TPSA) is 53.1 Å². The van der Waals surface area contributed by atoms with E-state index in [2.05, 4.69) is 41.4 Å². The average Bonchev–Trinajstić information content (AvgIpc) is 3.11. The number of para-hydroxylation sites is 1. The van der Waals surface area contributed by atoms with E-state index in [1.807, 2.05) is 24.4 Å². The maximum atomic E-state index is 11.1. The van der Waals surface area contributed by atoms with Crippen molar-refractivity contribution in [2.75, 3.05) is 0 Å². The van der Waals surface area contributed by atoms with Crippen LogP contribution < -0.4 is 0 Å². The van der Waals surface area contributed by atoms with Gasteiger partial charge in [-0.15, -0.1) is 0 Å². The van der Waals surface area contributed by atoms with Gasteiger partial charge >= 0.3 is 5.97 Å². The van der Waals surface area contributed by atoms with Gasteiger partial charge in [0.25, 0.3) is 0 Å². The van der Waals surface area contributed by atoms with Crippen LogP contribution in [0, 0.1) is 0 Å². The Morgan fingerprint density at radius 2 is 1.54 bits per heavy atom. The highest BCUT2D eigenvalue weighted by molar-refractivity contribution is 5.94. The van der Waals surface area contributed by atoms with Gasteiger partial charge in [0.05, 0.1) is 11.1 Å². The van der Waals surface area contributed by atoms with E-state index >= 15 is 0 Å². The van der Waals surface area contributed by atoms with Gasteiger partial charge in [-0.3, -0.25) is 0 Å². The predicted molar refractivity (Wildman–Crippen MR) is 96.1 cm³/mol. The maximum absolute atomic E-state index is 11.1. The van der Waals surface area contributed by atoms with Crippen molar-refractivity contribution in [3.63, 3.8) is 0 Å². The molecule has 0 atom stereocenters. The number of aromatic nitrogens is 1. The monoisotopic (exact) mass is 313 g/mol. The minimum absolute atomic E-state index is 0.299. The number of aromatic carboxylic acids is 1. The van der Waals surface area contributed by atoms with E-state index in [0.717, 1.165) is 27.8 Å². The molecule has 0 aliphatic rings. The van der Waals surface area contributed by atoms with Gasteiger partial charge in [0.15, 0.2) is 0 Å². The molecular formula is C21H15NO2. The maximum Gasteiger partial charge on any atom is 0.335 e. The van der Waals surface area contributed by atoms with Crippen LogP contribution in [0.2, 0.25) is 0 Å². The van der Waals surface area contributed by atoms with Gasteiger partial charge in [-0.2, -0.15) is 0 Å². The van der Waals surface area contributed by atoms with E-state index in [-0.39, 0.29) is 0 Å². The third-order valence-corrected chi connectivity index (χ3v) is 4.23. The summed E-state index contributed by atoms with van der Waals surface area (Å²) in [5, 5.41) is 10.3. The molecule has 0 aliphatic carbocycles. The van der Waals surface area contributed by atoms with E-state index in [0.29, 0.717) is 5.56 Å². The molecule has 1 aromatic heterocycles. The van der Waals surface area contributed by atoms with Crippen LogP contribution in [-0.4, -0.2) is 16.1 Å². The Bertz CT molecular complexity index is 1030. The molecular weight excluding hydrogens is 298 g/mol. The summed E-state index contributed by atoms with van der Waals surface area (Å²) in [4.78, 5) is 14.4. The van der Waals surface area contributed by atoms with Crippen molar-refractivity contribution in [1.29, 1.82) is 0 Å². The summed E-state index contributed by atoms with van der Waals surface area (Å²) >= 11 is 0. The van der Waals surface area contributed by atoms with E-state index in [9.17, 15) is 4.79 Å². The first-order valence-corrected chi connectivity index (χ1v) is 7.73. The van der Waals surface area contributed by atoms with Crippen LogP contribution in [0.4, 0.5) is 0 Å². The van der Waals surface area contributed by atoms with Crippen molar-refractivity contribution < 1.29 is 9.90 Å². The molecule has 0 unspecified atom stereocenters. The molecule has 4 rings (SSSR count). The van der Waals surface area contributed by atoms with Crippen molar-refractivity contribution in [2.24, 2.45) is 0 Å². The van der Waals surface area contributed by atoms with Crippen LogP contribution in [-0.2, 0) is 0 Å². The lowest BCUT2D eigenvalue weighted by Gasteiger charge is -2.07. The molecule has 2 N–H and O–H groups in total. The SMILES string of the molecule is O=C(O)c1cccc(-c2ccc(-c3cccc4cc[nH]c34)cc2)c1. The van der Waals surface area contributed by atoms with E-state index in [4.69, 9.17) is 5.11 Å². The largest absolute Gasteiger partial charge is 0.478 e. The summed E-state index contributed by atoms with van der Waals surface area (Å²) in [6.45, 7) is 0. The molecule has 0 saturated carbocycles. The Kier molecular flexibility index (Phi) is 3.39. The van der Waals surface area contributed by atoms with Crippen molar-refractivity contribution in [3.05, 3.63) is 84.6 Å². The normalized spacial score (nSPS) is 10.8. The molecule has 1 heterocycles. The Balaban J connectivity index is 1.74. The quantitative estimate of drug-likeness (QED) is 0.546. The van der Waals surface area contributed by atoms with Gasteiger partial charge in [-0.1, -0.05) is 54.6 Å². The van der Waals surface area contributed by atoms with Crippen molar-refractivity contribution >= 4 is 16.9 Å². The molecule has 3 aromatic carbocycles. The van der Waals surface area contributed by atoms with Crippen LogP contribution in [0.5, 0.6) is 0 Å². The number of fused-ring (bicyclic) bond motifs is 1. The van der Waals surface area contributed by atoms with Crippen molar-refractivity contribution in [1.82, 2.24) is 4.98 Å². The highest BCUT2D eigenvalue weighted by atomic mass is 16.4. The number of benzene rings is 3. The number of hydrogen-bond donors (Lipinski definition) is 2. The molecule has 0 fully saturated rings. The highest BCUT2D eigenvalue weighted by Crippen LogP contribution is 2.29. The van der Waals surface area contributed by atoms with Gasteiger partial charge < -0.3 is 10.1 Å². The molecule has 0 amide bonds. The second-order valence-electron chi connectivity index (χ2n) is 5.71. The Morgan fingerprint density at radius 1 is 0.792 bits per heavy atom. The Hall–Kier alpha value is -3.33. The number of nitrogens with one attached hydrogen (secondary N) is 1. The van der Waals surface area contributed by atoms with E-state index in [1.54, 1.807) is 18.2 Å². The first-order chi connectivity index (χ1) is 11.7. The smallest absolute Gasteiger partial charge is 0.335 e. The van der Waals surface area contributed by atoms with Crippen molar-refractivity contribution in [3.8, 4) is 22.3 Å². The molecule has 0 radical (unpaired) electrons. The minimum atomic E-state index is -0.910. The second kappa shape index (κ2) is 5.70. The zero-order valence-corrected chi connectivity index (χ0v) is 12.9. The molecule has 0 saturated heterocycles. The fraction of sp³-hybridized carbons (Fsp3) is 0.